The fourth-order valence-corrected chi connectivity index (χ4v) is 2.88. The summed E-state index contributed by atoms with van der Waals surface area (Å²) in [4.78, 5) is 0. The van der Waals surface area contributed by atoms with E-state index in [1.807, 2.05) is 6.07 Å². The van der Waals surface area contributed by atoms with Gasteiger partial charge in [-0.3, -0.25) is 0 Å². The number of halogens is 1. The van der Waals surface area contributed by atoms with E-state index in [-0.39, 0.29) is 11.9 Å². The zero-order valence-corrected chi connectivity index (χ0v) is 11.1. The standard InChI is InChI=1S/C17H18FN/c1-2-15-11-12-6-3-4-9-16(12)17(19-15)13-7-5-8-14(18)10-13/h3-10,15,17,19H,2,11H2,1H3. The van der Waals surface area contributed by atoms with Crippen LogP contribution in [-0.4, -0.2) is 6.04 Å². The van der Waals surface area contributed by atoms with Crippen LogP contribution in [0.1, 0.15) is 36.1 Å². The lowest BCUT2D eigenvalue weighted by molar-refractivity contribution is 0.426. The molecule has 19 heavy (non-hydrogen) atoms. The van der Waals surface area contributed by atoms with Crippen molar-refractivity contribution in [1.82, 2.24) is 5.32 Å². The first-order valence-corrected chi connectivity index (χ1v) is 6.87. The lowest BCUT2D eigenvalue weighted by Crippen LogP contribution is -2.39. The molecule has 2 aromatic carbocycles. The smallest absolute Gasteiger partial charge is 0.123 e. The average molecular weight is 255 g/mol. The highest BCUT2D eigenvalue weighted by molar-refractivity contribution is 5.40. The lowest BCUT2D eigenvalue weighted by Gasteiger charge is -2.33. The van der Waals surface area contributed by atoms with Crippen molar-refractivity contribution < 1.29 is 4.39 Å². The summed E-state index contributed by atoms with van der Waals surface area (Å²) in [6.45, 7) is 2.19. The Morgan fingerprint density at radius 3 is 2.79 bits per heavy atom. The van der Waals surface area contributed by atoms with Gasteiger partial charge >= 0.3 is 0 Å². The first kappa shape index (κ1) is 12.4. The molecule has 0 aliphatic carbocycles. The predicted octanol–water partition coefficient (Wildman–Crippen LogP) is 3.84. The van der Waals surface area contributed by atoms with Gasteiger partial charge < -0.3 is 5.32 Å². The van der Waals surface area contributed by atoms with Gasteiger partial charge in [0.1, 0.15) is 5.82 Å². The van der Waals surface area contributed by atoms with E-state index >= 15 is 0 Å². The van der Waals surface area contributed by atoms with Crippen LogP contribution in [0.3, 0.4) is 0 Å². The van der Waals surface area contributed by atoms with Gasteiger partial charge in [0.05, 0.1) is 6.04 Å². The highest BCUT2D eigenvalue weighted by Gasteiger charge is 2.26. The van der Waals surface area contributed by atoms with Crippen LogP contribution in [0.4, 0.5) is 4.39 Å². The Hall–Kier alpha value is -1.67. The van der Waals surface area contributed by atoms with E-state index in [9.17, 15) is 4.39 Å². The minimum atomic E-state index is -0.171. The Morgan fingerprint density at radius 1 is 1.16 bits per heavy atom. The van der Waals surface area contributed by atoms with Gasteiger partial charge in [-0.15, -0.1) is 0 Å². The summed E-state index contributed by atoms with van der Waals surface area (Å²) in [5, 5.41) is 3.64. The zero-order chi connectivity index (χ0) is 13.2. The average Bonchev–Trinajstić information content (AvgIpc) is 2.46. The van der Waals surface area contributed by atoms with Crippen molar-refractivity contribution in [2.75, 3.05) is 0 Å². The molecule has 0 radical (unpaired) electrons. The number of hydrogen-bond donors (Lipinski definition) is 1. The van der Waals surface area contributed by atoms with Gasteiger partial charge in [0.2, 0.25) is 0 Å². The third kappa shape index (κ3) is 2.41. The Kier molecular flexibility index (Phi) is 3.34. The van der Waals surface area contributed by atoms with Crippen LogP contribution in [-0.2, 0) is 6.42 Å². The van der Waals surface area contributed by atoms with Crippen molar-refractivity contribution in [1.29, 1.82) is 0 Å². The van der Waals surface area contributed by atoms with Crippen molar-refractivity contribution in [2.45, 2.75) is 31.8 Å². The summed E-state index contributed by atoms with van der Waals surface area (Å²) in [5.74, 6) is -0.171. The van der Waals surface area contributed by atoms with Crippen molar-refractivity contribution in [3.05, 3.63) is 71.0 Å². The highest BCUT2D eigenvalue weighted by atomic mass is 19.1. The maximum Gasteiger partial charge on any atom is 0.123 e. The van der Waals surface area contributed by atoms with Crippen LogP contribution < -0.4 is 5.32 Å². The molecule has 2 heteroatoms. The van der Waals surface area contributed by atoms with Gasteiger partial charge in [-0.1, -0.05) is 43.3 Å². The summed E-state index contributed by atoms with van der Waals surface area (Å²) >= 11 is 0. The first-order chi connectivity index (χ1) is 9.28. The topological polar surface area (TPSA) is 12.0 Å². The van der Waals surface area contributed by atoms with E-state index < -0.39 is 0 Å². The number of rotatable bonds is 2. The van der Waals surface area contributed by atoms with Crippen LogP contribution in [0.2, 0.25) is 0 Å². The molecule has 98 valence electrons. The quantitative estimate of drug-likeness (QED) is 0.859. The predicted molar refractivity (Wildman–Crippen MR) is 75.6 cm³/mol. The molecule has 0 saturated carbocycles. The van der Waals surface area contributed by atoms with Crippen molar-refractivity contribution in [2.24, 2.45) is 0 Å². The molecule has 0 bridgehead atoms. The fraction of sp³-hybridized carbons (Fsp3) is 0.294. The Labute approximate surface area is 113 Å². The maximum atomic E-state index is 13.4. The molecule has 3 rings (SSSR count). The number of hydrogen-bond acceptors (Lipinski definition) is 1. The molecule has 0 aromatic heterocycles. The first-order valence-electron chi connectivity index (χ1n) is 6.87. The summed E-state index contributed by atoms with van der Waals surface area (Å²) in [6, 6.07) is 15.9. The van der Waals surface area contributed by atoms with Crippen molar-refractivity contribution >= 4 is 0 Å². The molecule has 0 amide bonds. The molecule has 2 aromatic rings. The van der Waals surface area contributed by atoms with Crippen LogP contribution in [0, 0.1) is 5.82 Å². The monoisotopic (exact) mass is 255 g/mol. The van der Waals surface area contributed by atoms with E-state index in [2.05, 4.69) is 36.5 Å². The normalized spacial score (nSPS) is 22.0. The Balaban J connectivity index is 2.05. The molecule has 1 heterocycles. The number of fused-ring (bicyclic) bond motifs is 1. The zero-order valence-electron chi connectivity index (χ0n) is 11.1. The van der Waals surface area contributed by atoms with Gasteiger partial charge in [-0.05, 0) is 41.7 Å². The molecule has 1 N–H and O–H groups in total. The second-order valence-electron chi connectivity index (χ2n) is 5.16. The summed E-state index contributed by atoms with van der Waals surface area (Å²) < 4.78 is 13.4. The van der Waals surface area contributed by atoms with Gasteiger partial charge in [0.25, 0.3) is 0 Å². The Bertz CT molecular complexity index is 579. The Morgan fingerprint density at radius 2 is 2.00 bits per heavy atom. The lowest BCUT2D eigenvalue weighted by atomic mass is 9.86. The van der Waals surface area contributed by atoms with Crippen LogP contribution in [0.25, 0.3) is 0 Å². The summed E-state index contributed by atoms with van der Waals surface area (Å²) in [5.41, 5.74) is 3.66. The van der Waals surface area contributed by atoms with Gasteiger partial charge in [-0.2, -0.15) is 0 Å². The molecular formula is C17H18FN. The second-order valence-corrected chi connectivity index (χ2v) is 5.16. The summed E-state index contributed by atoms with van der Waals surface area (Å²) in [7, 11) is 0. The van der Waals surface area contributed by atoms with E-state index in [1.165, 1.54) is 17.2 Å². The SMILES string of the molecule is CCC1Cc2ccccc2C(c2cccc(F)c2)N1. The molecule has 2 unspecified atom stereocenters. The maximum absolute atomic E-state index is 13.4. The van der Waals surface area contributed by atoms with Crippen LogP contribution in [0.5, 0.6) is 0 Å². The van der Waals surface area contributed by atoms with E-state index in [4.69, 9.17) is 0 Å². The van der Waals surface area contributed by atoms with E-state index in [0.717, 1.165) is 18.4 Å². The number of nitrogens with one attached hydrogen (secondary N) is 1. The molecule has 1 aliphatic rings. The third-order valence-electron chi connectivity index (χ3n) is 3.91. The van der Waals surface area contributed by atoms with E-state index in [1.54, 1.807) is 12.1 Å². The molecule has 0 saturated heterocycles. The van der Waals surface area contributed by atoms with Gasteiger partial charge in [-0.25, -0.2) is 4.39 Å². The fourth-order valence-electron chi connectivity index (χ4n) is 2.88. The van der Waals surface area contributed by atoms with Gasteiger partial charge in [0.15, 0.2) is 0 Å². The molecule has 1 nitrogen and oxygen atoms in total. The molecule has 0 fully saturated rings. The minimum Gasteiger partial charge on any atom is -0.303 e. The number of benzene rings is 2. The van der Waals surface area contributed by atoms with Crippen molar-refractivity contribution in [3.63, 3.8) is 0 Å². The van der Waals surface area contributed by atoms with E-state index in [0.29, 0.717) is 6.04 Å². The van der Waals surface area contributed by atoms with Crippen molar-refractivity contribution in [3.8, 4) is 0 Å². The largest absolute Gasteiger partial charge is 0.303 e. The van der Waals surface area contributed by atoms with Crippen LogP contribution in [0.15, 0.2) is 48.5 Å². The minimum absolute atomic E-state index is 0.102. The molecule has 1 aliphatic heterocycles. The summed E-state index contributed by atoms with van der Waals surface area (Å²) in [6.07, 6.45) is 2.14. The highest BCUT2D eigenvalue weighted by Crippen LogP contribution is 2.31. The molecule has 2 atom stereocenters. The molecular weight excluding hydrogens is 237 g/mol. The van der Waals surface area contributed by atoms with Crippen LogP contribution >= 0.6 is 0 Å². The van der Waals surface area contributed by atoms with Gasteiger partial charge in [0, 0.05) is 6.04 Å². The second kappa shape index (κ2) is 5.14. The molecule has 0 spiro atoms. The third-order valence-corrected chi connectivity index (χ3v) is 3.91.